The van der Waals surface area contributed by atoms with Crippen molar-refractivity contribution in [1.82, 2.24) is 9.03 Å². The van der Waals surface area contributed by atoms with Crippen LogP contribution in [-0.2, 0) is 20.0 Å². The average molecular weight is 445 g/mol. The topological polar surface area (TPSA) is 92.8 Å². The van der Waals surface area contributed by atoms with Gasteiger partial charge in [-0.3, -0.25) is 0 Å². The van der Waals surface area contributed by atoms with E-state index in [0.29, 0.717) is 18.6 Å². The maximum Gasteiger partial charge on any atom is 0.243 e. The molecule has 1 aliphatic rings. The van der Waals surface area contributed by atoms with Gasteiger partial charge < -0.3 is 4.74 Å². The van der Waals surface area contributed by atoms with Gasteiger partial charge in [0.15, 0.2) is 0 Å². The van der Waals surface area contributed by atoms with Crippen molar-refractivity contribution in [3.63, 3.8) is 0 Å². The standard InChI is InChI=1S/C18H21ClN2O5S2/c1-26-15-6-8-16(9-7-15)28(24,25)21-12-10-14(11-13-21)20-27(22,23)18-5-3-2-4-17(18)19/h2-9,14,20H,10-13H2,1H3. The molecular formula is C18H21ClN2O5S2. The Labute approximate surface area is 170 Å². The molecule has 7 nitrogen and oxygen atoms in total. The second kappa shape index (κ2) is 8.38. The molecule has 1 saturated heterocycles. The number of piperidine rings is 1. The third kappa shape index (κ3) is 4.49. The van der Waals surface area contributed by atoms with E-state index in [1.807, 2.05) is 0 Å². The minimum Gasteiger partial charge on any atom is -0.497 e. The van der Waals surface area contributed by atoms with Gasteiger partial charge in [-0.25, -0.2) is 21.6 Å². The lowest BCUT2D eigenvalue weighted by Crippen LogP contribution is -2.46. The van der Waals surface area contributed by atoms with Crippen LogP contribution in [0.3, 0.4) is 0 Å². The van der Waals surface area contributed by atoms with Crippen LogP contribution in [-0.4, -0.2) is 47.4 Å². The smallest absolute Gasteiger partial charge is 0.243 e. The highest BCUT2D eigenvalue weighted by atomic mass is 35.5. The first-order valence-corrected chi connectivity index (χ1v) is 12.0. The highest BCUT2D eigenvalue weighted by Gasteiger charge is 2.31. The van der Waals surface area contributed by atoms with Crippen molar-refractivity contribution in [2.24, 2.45) is 0 Å². The van der Waals surface area contributed by atoms with Crippen molar-refractivity contribution in [2.45, 2.75) is 28.7 Å². The number of ether oxygens (including phenoxy) is 1. The highest BCUT2D eigenvalue weighted by Crippen LogP contribution is 2.25. The first-order valence-electron chi connectivity index (χ1n) is 8.65. The van der Waals surface area contributed by atoms with E-state index in [1.54, 1.807) is 24.3 Å². The number of methoxy groups -OCH3 is 1. The van der Waals surface area contributed by atoms with Crippen LogP contribution in [0.15, 0.2) is 58.3 Å². The maximum absolute atomic E-state index is 12.8. The molecule has 3 rings (SSSR count). The first-order chi connectivity index (χ1) is 13.2. The lowest BCUT2D eigenvalue weighted by Gasteiger charge is -2.31. The number of benzene rings is 2. The largest absolute Gasteiger partial charge is 0.497 e. The van der Waals surface area contributed by atoms with E-state index in [9.17, 15) is 16.8 Å². The Morgan fingerprint density at radius 3 is 2.18 bits per heavy atom. The van der Waals surface area contributed by atoms with Crippen LogP contribution >= 0.6 is 11.6 Å². The molecule has 0 aliphatic carbocycles. The van der Waals surface area contributed by atoms with E-state index >= 15 is 0 Å². The number of hydrogen-bond donors (Lipinski definition) is 1. The summed E-state index contributed by atoms with van der Waals surface area (Å²) in [5, 5.41) is 0.148. The molecule has 0 bridgehead atoms. The van der Waals surface area contributed by atoms with Gasteiger partial charge in [0, 0.05) is 19.1 Å². The Bertz CT molecular complexity index is 1030. The fraction of sp³-hybridized carbons (Fsp3) is 0.333. The van der Waals surface area contributed by atoms with E-state index < -0.39 is 20.0 Å². The van der Waals surface area contributed by atoms with Gasteiger partial charge in [0.05, 0.1) is 17.0 Å². The summed E-state index contributed by atoms with van der Waals surface area (Å²) in [5.41, 5.74) is 0. The second-order valence-corrected chi connectivity index (χ2v) is 10.4. The quantitative estimate of drug-likeness (QED) is 0.738. The number of nitrogens with one attached hydrogen (secondary N) is 1. The molecule has 0 atom stereocenters. The van der Waals surface area contributed by atoms with Crippen molar-refractivity contribution in [3.05, 3.63) is 53.6 Å². The summed E-state index contributed by atoms with van der Waals surface area (Å²) >= 11 is 5.98. The number of sulfonamides is 2. The molecule has 1 N–H and O–H groups in total. The van der Waals surface area contributed by atoms with Crippen LogP contribution in [0.4, 0.5) is 0 Å². The minimum atomic E-state index is -3.77. The predicted octanol–water partition coefficient (Wildman–Crippen LogP) is 2.48. The highest BCUT2D eigenvalue weighted by molar-refractivity contribution is 7.89. The van der Waals surface area contributed by atoms with Crippen molar-refractivity contribution < 1.29 is 21.6 Å². The van der Waals surface area contributed by atoms with Crippen LogP contribution in [0.1, 0.15) is 12.8 Å². The molecular weight excluding hydrogens is 424 g/mol. The normalized spacial score (nSPS) is 16.8. The lowest BCUT2D eigenvalue weighted by molar-refractivity contribution is 0.308. The molecule has 2 aromatic rings. The van der Waals surface area contributed by atoms with Crippen molar-refractivity contribution in [1.29, 1.82) is 0 Å². The Hall–Kier alpha value is -1.65. The van der Waals surface area contributed by atoms with Crippen molar-refractivity contribution >= 4 is 31.6 Å². The summed E-state index contributed by atoms with van der Waals surface area (Å²) in [5.74, 6) is 0.576. The molecule has 28 heavy (non-hydrogen) atoms. The molecule has 0 radical (unpaired) electrons. The Kier molecular flexibility index (Phi) is 6.31. The van der Waals surface area contributed by atoms with Crippen LogP contribution in [0.2, 0.25) is 5.02 Å². The van der Waals surface area contributed by atoms with Gasteiger partial charge in [-0.2, -0.15) is 4.31 Å². The van der Waals surface area contributed by atoms with E-state index in [0.717, 1.165) is 0 Å². The summed E-state index contributed by atoms with van der Waals surface area (Å²) in [7, 11) is -5.89. The monoisotopic (exact) mass is 444 g/mol. The zero-order valence-electron chi connectivity index (χ0n) is 15.2. The summed E-state index contributed by atoms with van der Waals surface area (Å²) in [6.07, 6.45) is 0.748. The van der Waals surface area contributed by atoms with E-state index in [4.69, 9.17) is 16.3 Å². The third-order valence-electron chi connectivity index (χ3n) is 4.60. The SMILES string of the molecule is COc1ccc(S(=O)(=O)N2CCC(NS(=O)(=O)c3ccccc3Cl)CC2)cc1. The summed E-state index contributed by atoms with van der Waals surface area (Å²) in [4.78, 5) is 0.202. The molecule has 152 valence electrons. The number of hydrogen-bond acceptors (Lipinski definition) is 5. The number of halogens is 1. The molecule has 1 aliphatic heterocycles. The van der Waals surface area contributed by atoms with E-state index in [1.165, 1.54) is 35.7 Å². The average Bonchev–Trinajstić information content (AvgIpc) is 2.68. The lowest BCUT2D eigenvalue weighted by atomic mass is 10.1. The molecule has 0 aromatic heterocycles. The Balaban J connectivity index is 1.66. The molecule has 1 fully saturated rings. The van der Waals surface area contributed by atoms with Gasteiger partial charge in [0.2, 0.25) is 20.0 Å². The fourth-order valence-corrected chi connectivity index (χ4v) is 6.35. The van der Waals surface area contributed by atoms with Gasteiger partial charge >= 0.3 is 0 Å². The predicted molar refractivity (Wildman–Crippen MR) is 107 cm³/mol. The van der Waals surface area contributed by atoms with Crippen molar-refractivity contribution in [2.75, 3.05) is 20.2 Å². The van der Waals surface area contributed by atoms with Gasteiger partial charge in [-0.15, -0.1) is 0 Å². The van der Waals surface area contributed by atoms with Gasteiger partial charge in [-0.1, -0.05) is 23.7 Å². The van der Waals surface area contributed by atoms with Gasteiger partial charge in [0.1, 0.15) is 10.6 Å². The van der Waals surface area contributed by atoms with Crippen LogP contribution < -0.4 is 9.46 Å². The zero-order valence-corrected chi connectivity index (χ0v) is 17.6. The molecule has 2 aromatic carbocycles. The molecule has 0 unspecified atom stereocenters. The molecule has 10 heteroatoms. The maximum atomic E-state index is 12.8. The summed E-state index contributed by atoms with van der Waals surface area (Å²) in [6.45, 7) is 0.453. The van der Waals surface area contributed by atoms with Crippen molar-refractivity contribution in [3.8, 4) is 5.75 Å². The van der Waals surface area contributed by atoms with E-state index in [-0.39, 0.29) is 33.9 Å². The molecule has 1 heterocycles. The van der Waals surface area contributed by atoms with Crippen LogP contribution in [0.25, 0.3) is 0 Å². The number of rotatable bonds is 6. The van der Waals surface area contributed by atoms with Gasteiger partial charge in [-0.05, 0) is 49.2 Å². The van der Waals surface area contributed by atoms with Crippen LogP contribution in [0.5, 0.6) is 5.75 Å². The number of nitrogens with zero attached hydrogens (tertiary/aromatic N) is 1. The molecule has 0 amide bonds. The third-order valence-corrected chi connectivity index (χ3v) is 8.53. The first kappa shape index (κ1) is 21.1. The Morgan fingerprint density at radius 2 is 1.61 bits per heavy atom. The summed E-state index contributed by atoms with van der Waals surface area (Å²) in [6, 6.07) is 12.0. The van der Waals surface area contributed by atoms with Gasteiger partial charge in [0.25, 0.3) is 0 Å². The van der Waals surface area contributed by atoms with E-state index in [2.05, 4.69) is 4.72 Å². The molecule has 0 saturated carbocycles. The zero-order chi connectivity index (χ0) is 20.4. The summed E-state index contributed by atoms with van der Waals surface area (Å²) < 4.78 is 59.7. The van der Waals surface area contributed by atoms with Crippen LogP contribution in [0, 0.1) is 0 Å². The fourth-order valence-electron chi connectivity index (χ4n) is 3.06. The molecule has 0 spiro atoms. The minimum absolute atomic E-state index is 0.0185. The Morgan fingerprint density at radius 1 is 1.00 bits per heavy atom. The second-order valence-electron chi connectivity index (χ2n) is 6.41.